The van der Waals surface area contributed by atoms with Gasteiger partial charge in [0, 0.05) is 49.4 Å². The lowest BCUT2D eigenvalue weighted by Crippen LogP contribution is -2.40. The summed E-state index contributed by atoms with van der Waals surface area (Å²) in [6.45, 7) is 2.89. The van der Waals surface area contributed by atoms with Gasteiger partial charge in [-0.05, 0) is 43.6 Å². The number of likely N-dealkylation sites (tertiary alicyclic amines) is 1. The van der Waals surface area contributed by atoms with Crippen LogP contribution in [0.1, 0.15) is 34.5 Å². The number of amides is 2. The third kappa shape index (κ3) is 4.36. The van der Waals surface area contributed by atoms with Crippen molar-refractivity contribution in [1.82, 2.24) is 20.5 Å². The van der Waals surface area contributed by atoms with E-state index in [2.05, 4.69) is 26.6 Å². The Morgan fingerprint density at radius 2 is 1.97 bits per heavy atom. The molecule has 1 fully saturated rings. The molecule has 2 N–H and O–H groups in total. The highest BCUT2D eigenvalue weighted by Crippen LogP contribution is 2.26. The number of aromatic nitrogens is 1. The van der Waals surface area contributed by atoms with Gasteiger partial charge in [0.05, 0.1) is 0 Å². The van der Waals surface area contributed by atoms with Crippen LogP contribution in [0.4, 0.5) is 0 Å². The maximum absolute atomic E-state index is 12.8. The van der Waals surface area contributed by atoms with Crippen molar-refractivity contribution in [3.63, 3.8) is 0 Å². The Kier molecular flexibility index (Phi) is 6.09. The second kappa shape index (κ2) is 9.09. The summed E-state index contributed by atoms with van der Waals surface area (Å²) < 4.78 is 5.73. The first-order valence-corrected chi connectivity index (χ1v) is 10.3. The van der Waals surface area contributed by atoms with E-state index in [0.29, 0.717) is 11.1 Å². The van der Waals surface area contributed by atoms with Gasteiger partial charge in [-0.25, -0.2) is 0 Å². The minimum atomic E-state index is -0.292. The number of para-hydroxylation sites is 1. The van der Waals surface area contributed by atoms with E-state index >= 15 is 0 Å². The van der Waals surface area contributed by atoms with Gasteiger partial charge >= 0.3 is 0 Å². The van der Waals surface area contributed by atoms with Crippen LogP contribution in [0, 0.1) is 5.92 Å². The molecule has 30 heavy (non-hydrogen) atoms. The van der Waals surface area contributed by atoms with Gasteiger partial charge in [-0.3, -0.25) is 19.5 Å². The van der Waals surface area contributed by atoms with E-state index in [1.807, 2.05) is 36.5 Å². The Balaban J connectivity index is 1.36. The summed E-state index contributed by atoms with van der Waals surface area (Å²) in [7, 11) is 1.57. The predicted octanol–water partition coefficient (Wildman–Crippen LogP) is 2.72. The maximum Gasteiger partial charge on any atom is 0.287 e. The zero-order chi connectivity index (χ0) is 20.9. The fourth-order valence-corrected chi connectivity index (χ4v) is 3.99. The zero-order valence-corrected chi connectivity index (χ0v) is 17.1. The molecule has 1 aromatic carbocycles. The SMILES string of the molecule is CNC(=O)c1oc2ccccc2c1CNC(=O)C1CCN(Cc2cccnc2)CC1. The topological polar surface area (TPSA) is 87.5 Å². The molecule has 0 bridgehead atoms. The number of fused-ring (bicyclic) bond motifs is 1. The van der Waals surface area contributed by atoms with Crippen molar-refractivity contribution in [2.24, 2.45) is 5.92 Å². The normalized spacial score (nSPS) is 15.2. The highest BCUT2D eigenvalue weighted by atomic mass is 16.3. The average Bonchev–Trinajstić information content (AvgIpc) is 3.17. The van der Waals surface area contributed by atoms with Crippen LogP contribution in [0.2, 0.25) is 0 Å². The number of pyridine rings is 1. The zero-order valence-electron chi connectivity index (χ0n) is 17.1. The molecule has 0 unspecified atom stereocenters. The lowest BCUT2D eigenvalue weighted by atomic mass is 9.95. The molecular weight excluding hydrogens is 380 g/mol. The quantitative estimate of drug-likeness (QED) is 0.657. The third-order valence-electron chi connectivity index (χ3n) is 5.66. The Bertz CT molecular complexity index is 1020. The number of benzene rings is 1. The molecule has 1 saturated heterocycles. The van der Waals surface area contributed by atoms with Crippen molar-refractivity contribution >= 4 is 22.8 Å². The van der Waals surface area contributed by atoms with Gasteiger partial charge in [-0.1, -0.05) is 24.3 Å². The fourth-order valence-electron chi connectivity index (χ4n) is 3.99. The lowest BCUT2D eigenvalue weighted by molar-refractivity contribution is -0.126. The molecule has 0 atom stereocenters. The van der Waals surface area contributed by atoms with E-state index < -0.39 is 0 Å². The molecule has 0 saturated carbocycles. The van der Waals surface area contributed by atoms with Crippen LogP contribution in [0.5, 0.6) is 0 Å². The van der Waals surface area contributed by atoms with Crippen molar-refractivity contribution in [3.8, 4) is 0 Å². The summed E-state index contributed by atoms with van der Waals surface area (Å²) in [6.07, 6.45) is 5.30. The van der Waals surface area contributed by atoms with Gasteiger partial charge in [-0.15, -0.1) is 0 Å². The first-order valence-electron chi connectivity index (χ1n) is 10.3. The summed E-state index contributed by atoms with van der Waals surface area (Å²) in [5.74, 6) is -0.0228. The van der Waals surface area contributed by atoms with Crippen LogP contribution in [0.25, 0.3) is 11.0 Å². The summed E-state index contributed by atoms with van der Waals surface area (Å²) in [4.78, 5) is 31.5. The Labute approximate surface area is 175 Å². The Morgan fingerprint density at radius 1 is 1.17 bits per heavy atom. The van der Waals surface area contributed by atoms with Crippen LogP contribution < -0.4 is 10.6 Å². The van der Waals surface area contributed by atoms with Gasteiger partial charge in [-0.2, -0.15) is 0 Å². The molecule has 156 valence electrons. The Morgan fingerprint density at radius 3 is 2.70 bits per heavy atom. The second-order valence-electron chi connectivity index (χ2n) is 7.61. The third-order valence-corrected chi connectivity index (χ3v) is 5.66. The van der Waals surface area contributed by atoms with Crippen LogP contribution in [-0.4, -0.2) is 41.8 Å². The average molecular weight is 406 g/mol. The van der Waals surface area contributed by atoms with E-state index in [-0.39, 0.29) is 30.0 Å². The van der Waals surface area contributed by atoms with Gasteiger partial charge in [0.2, 0.25) is 5.91 Å². The Hall–Kier alpha value is -3.19. The lowest BCUT2D eigenvalue weighted by Gasteiger charge is -2.31. The number of furan rings is 1. The van der Waals surface area contributed by atoms with Crippen LogP contribution >= 0.6 is 0 Å². The van der Waals surface area contributed by atoms with Gasteiger partial charge in [0.1, 0.15) is 5.58 Å². The molecule has 4 rings (SSSR count). The molecule has 3 aromatic rings. The van der Waals surface area contributed by atoms with E-state index in [9.17, 15) is 9.59 Å². The summed E-state index contributed by atoms with van der Waals surface area (Å²) in [6, 6.07) is 11.5. The number of carbonyl (C=O) groups excluding carboxylic acids is 2. The molecule has 7 heteroatoms. The first-order chi connectivity index (χ1) is 14.7. The molecule has 0 radical (unpaired) electrons. The largest absolute Gasteiger partial charge is 0.451 e. The van der Waals surface area contributed by atoms with E-state index in [0.717, 1.165) is 37.9 Å². The number of piperidine rings is 1. The van der Waals surface area contributed by atoms with E-state index in [1.165, 1.54) is 5.56 Å². The molecule has 1 aliphatic heterocycles. The maximum atomic E-state index is 12.8. The number of hydrogen-bond donors (Lipinski definition) is 2. The highest BCUT2D eigenvalue weighted by molar-refractivity contribution is 5.99. The molecule has 2 amide bonds. The smallest absolute Gasteiger partial charge is 0.287 e. The van der Waals surface area contributed by atoms with Crippen molar-refractivity contribution in [2.75, 3.05) is 20.1 Å². The first kappa shape index (κ1) is 20.1. The minimum absolute atomic E-state index is 0.0169. The fraction of sp³-hybridized carbons (Fsp3) is 0.348. The van der Waals surface area contributed by atoms with Crippen molar-refractivity contribution in [1.29, 1.82) is 0 Å². The molecule has 2 aromatic heterocycles. The molecule has 0 spiro atoms. The number of nitrogens with one attached hydrogen (secondary N) is 2. The standard InChI is InChI=1S/C23H26N4O3/c1-24-23(29)21-19(18-6-2-3-7-20(18)30-21)14-26-22(28)17-8-11-27(12-9-17)15-16-5-4-10-25-13-16/h2-7,10,13,17H,8-9,11-12,14-15H2,1H3,(H,24,29)(H,26,28). The van der Waals surface area contributed by atoms with Crippen LogP contribution in [0.15, 0.2) is 53.2 Å². The predicted molar refractivity (Wildman–Crippen MR) is 114 cm³/mol. The summed E-state index contributed by atoms with van der Waals surface area (Å²) >= 11 is 0. The molecule has 1 aliphatic rings. The van der Waals surface area contributed by atoms with Gasteiger partial charge < -0.3 is 15.1 Å². The summed E-state index contributed by atoms with van der Waals surface area (Å²) in [5.41, 5.74) is 2.55. The van der Waals surface area contributed by atoms with Crippen LogP contribution in [-0.2, 0) is 17.9 Å². The number of hydrogen-bond acceptors (Lipinski definition) is 5. The molecule has 7 nitrogen and oxygen atoms in total. The van der Waals surface area contributed by atoms with Crippen molar-refractivity contribution < 1.29 is 14.0 Å². The second-order valence-corrected chi connectivity index (χ2v) is 7.61. The van der Waals surface area contributed by atoms with E-state index in [4.69, 9.17) is 4.42 Å². The van der Waals surface area contributed by atoms with Gasteiger partial charge in [0.25, 0.3) is 5.91 Å². The number of rotatable bonds is 6. The molecular formula is C23H26N4O3. The molecule has 3 heterocycles. The van der Waals surface area contributed by atoms with Crippen molar-refractivity contribution in [2.45, 2.75) is 25.9 Å². The van der Waals surface area contributed by atoms with E-state index in [1.54, 1.807) is 13.2 Å². The summed E-state index contributed by atoms with van der Waals surface area (Å²) in [5, 5.41) is 6.48. The minimum Gasteiger partial charge on any atom is -0.451 e. The van der Waals surface area contributed by atoms with Crippen LogP contribution in [0.3, 0.4) is 0 Å². The molecule has 0 aliphatic carbocycles. The highest BCUT2D eigenvalue weighted by Gasteiger charge is 2.26. The monoisotopic (exact) mass is 406 g/mol. The van der Waals surface area contributed by atoms with Gasteiger partial charge in [0.15, 0.2) is 5.76 Å². The number of nitrogens with zero attached hydrogens (tertiary/aromatic N) is 2. The number of carbonyl (C=O) groups is 2. The van der Waals surface area contributed by atoms with Crippen molar-refractivity contribution in [3.05, 3.63) is 65.7 Å².